The van der Waals surface area contributed by atoms with Gasteiger partial charge in [-0.25, -0.2) is 4.98 Å². The zero-order valence-corrected chi connectivity index (χ0v) is 22.8. The molecule has 10 heteroatoms. The number of aromatic amines is 1. The molecule has 2 aromatic rings. The largest absolute Gasteiger partial charge is 0.335 e. The quantitative estimate of drug-likeness (QED) is 0.240. The molecule has 1 spiro atoms. The number of amides is 1. The van der Waals surface area contributed by atoms with E-state index in [-0.39, 0.29) is 5.91 Å². The molecule has 3 aliphatic heterocycles. The van der Waals surface area contributed by atoms with Crippen molar-refractivity contribution in [2.75, 3.05) is 0 Å². The summed E-state index contributed by atoms with van der Waals surface area (Å²) in [6, 6.07) is 1.96. The summed E-state index contributed by atoms with van der Waals surface area (Å²) in [6.07, 6.45) is 6.09. The molecule has 1 fully saturated rings. The molecule has 1 aromatic heterocycles. The van der Waals surface area contributed by atoms with Gasteiger partial charge in [0.25, 0.3) is 0 Å². The van der Waals surface area contributed by atoms with Gasteiger partial charge in [0, 0.05) is 30.6 Å². The number of benzene rings is 1. The van der Waals surface area contributed by atoms with Crippen molar-refractivity contribution >= 4 is 97.7 Å². The Morgan fingerprint density at radius 1 is 1.20 bits per heavy atom. The smallest absolute Gasteiger partial charge is 0.230 e. The van der Waals surface area contributed by atoms with Crippen molar-refractivity contribution in [2.45, 2.75) is 31.2 Å². The van der Waals surface area contributed by atoms with Gasteiger partial charge in [-0.2, -0.15) is 0 Å². The molecule has 5 rings (SSSR count). The second kappa shape index (κ2) is 6.88. The lowest BCUT2D eigenvalue weighted by molar-refractivity contribution is -0.145. The number of nitrogens with one attached hydrogen (secondary N) is 1. The Hall–Kier alpha value is -0.740. The van der Waals surface area contributed by atoms with Gasteiger partial charge in [-0.3, -0.25) is 9.79 Å². The number of carbonyl (C=O) groups excluding carboxylic acids is 1. The maximum absolute atomic E-state index is 12.8. The number of β-lactam (4-membered cyclic amide) rings is 1. The van der Waals surface area contributed by atoms with Gasteiger partial charge >= 0.3 is 0 Å². The maximum Gasteiger partial charge on any atom is 0.230 e. The fourth-order valence-electron chi connectivity index (χ4n) is 4.23. The number of allylic oxidation sites excluding steroid dienone is 1. The maximum atomic E-state index is 12.8. The average molecular weight is 680 g/mol. The molecule has 5 nitrogen and oxygen atoms in total. The summed E-state index contributed by atoms with van der Waals surface area (Å²) in [5, 5.41) is 0.392. The van der Waals surface area contributed by atoms with E-state index in [1.165, 1.54) is 0 Å². The summed E-state index contributed by atoms with van der Waals surface area (Å²) < 4.78 is 3.21. The summed E-state index contributed by atoms with van der Waals surface area (Å²) in [4.78, 5) is 27.2. The number of imidazole rings is 1. The summed E-state index contributed by atoms with van der Waals surface area (Å²) in [5.74, 6) is -0.0240. The fraction of sp³-hybridized carbons (Fsp3) is 0.250. The van der Waals surface area contributed by atoms with Crippen LogP contribution in [-0.4, -0.2) is 26.5 Å². The molecular formula is C20H13Br4ClN4O. The van der Waals surface area contributed by atoms with E-state index in [4.69, 9.17) is 16.6 Å². The third-order valence-electron chi connectivity index (χ3n) is 5.75. The van der Waals surface area contributed by atoms with E-state index in [1.54, 1.807) is 11.1 Å². The van der Waals surface area contributed by atoms with Crippen LogP contribution in [0.4, 0.5) is 5.69 Å². The molecule has 1 aromatic carbocycles. The molecule has 30 heavy (non-hydrogen) atoms. The topological polar surface area (TPSA) is 61.4 Å². The molecule has 0 bridgehead atoms. The molecule has 3 aliphatic rings. The molecule has 0 aliphatic carbocycles. The van der Waals surface area contributed by atoms with Crippen molar-refractivity contribution in [3.8, 4) is 0 Å². The van der Waals surface area contributed by atoms with Crippen LogP contribution >= 0.6 is 75.3 Å². The zero-order chi connectivity index (χ0) is 21.6. The highest BCUT2D eigenvalue weighted by Gasteiger charge is 2.59. The van der Waals surface area contributed by atoms with E-state index >= 15 is 0 Å². The minimum Gasteiger partial charge on any atom is -0.335 e. The minimum absolute atomic E-state index is 0.0240. The van der Waals surface area contributed by atoms with Gasteiger partial charge in [-0.15, -0.1) is 0 Å². The van der Waals surface area contributed by atoms with Crippen LogP contribution < -0.4 is 0 Å². The Morgan fingerprint density at radius 3 is 2.63 bits per heavy atom. The number of hydrogen-bond acceptors (Lipinski definition) is 3. The summed E-state index contributed by atoms with van der Waals surface area (Å²) in [5.41, 5.74) is 2.92. The highest BCUT2D eigenvalue weighted by atomic mass is 79.9. The van der Waals surface area contributed by atoms with E-state index in [0.717, 1.165) is 36.1 Å². The molecule has 1 atom stereocenters. The number of carbonyl (C=O) groups is 1. The van der Waals surface area contributed by atoms with Crippen LogP contribution in [0.2, 0.25) is 0 Å². The first-order valence-corrected chi connectivity index (χ1v) is 12.5. The number of aromatic nitrogens is 2. The molecule has 0 unspecified atom stereocenters. The van der Waals surface area contributed by atoms with E-state index in [0.29, 0.717) is 21.9 Å². The van der Waals surface area contributed by atoms with Gasteiger partial charge in [0.05, 0.1) is 28.5 Å². The van der Waals surface area contributed by atoms with Crippen LogP contribution in [0.3, 0.4) is 0 Å². The third-order valence-corrected chi connectivity index (χ3v) is 9.71. The molecular weight excluding hydrogens is 667 g/mol. The van der Waals surface area contributed by atoms with Crippen LogP contribution in [0.1, 0.15) is 37.2 Å². The standard InChI is InChI=1S/C20H13Br4ClN4O/c1-19(2)4-3-11-20(13-10(26-11)5-8(21)14(22)15(13)23)6-12(30)29(20)7-9(25)16-17(19)28-18(24)27-16/h3-5,7H,6H2,1-2H3,(H,27,28)/b4-3-,9-7+/t20-/m1/s1. The predicted molar refractivity (Wildman–Crippen MR) is 132 cm³/mol. The van der Waals surface area contributed by atoms with Crippen molar-refractivity contribution in [1.29, 1.82) is 0 Å². The molecule has 0 radical (unpaired) electrons. The van der Waals surface area contributed by atoms with E-state index < -0.39 is 11.0 Å². The second-order valence-corrected chi connectivity index (χ2v) is 11.6. The molecule has 1 N–H and O–H groups in total. The number of halogens is 5. The number of fused-ring (bicyclic) bond motifs is 2. The number of aliphatic imine (C=N–C) groups is 1. The van der Waals surface area contributed by atoms with Gasteiger partial charge in [-0.1, -0.05) is 31.5 Å². The van der Waals surface area contributed by atoms with E-state index in [1.807, 2.05) is 12.1 Å². The number of rotatable bonds is 0. The molecule has 1 amide bonds. The van der Waals surface area contributed by atoms with Gasteiger partial charge in [-0.05, 0) is 75.9 Å². The first-order chi connectivity index (χ1) is 14.1. The summed E-state index contributed by atoms with van der Waals surface area (Å²) in [6.45, 7) is 4.17. The first kappa shape index (κ1) is 21.1. The van der Waals surface area contributed by atoms with Crippen LogP contribution in [0.25, 0.3) is 5.03 Å². The lowest BCUT2D eigenvalue weighted by Crippen LogP contribution is -2.61. The minimum atomic E-state index is -0.716. The van der Waals surface area contributed by atoms with Crippen molar-refractivity contribution < 1.29 is 4.79 Å². The van der Waals surface area contributed by atoms with Gasteiger partial charge < -0.3 is 9.88 Å². The van der Waals surface area contributed by atoms with Gasteiger partial charge in [0.2, 0.25) is 5.91 Å². The van der Waals surface area contributed by atoms with E-state index in [2.05, 4.69) is 93.6 Å². The normalized spacial score (nSPS) is 26.5. The molecule has 0 saturated carbocycles. The van der Waals surface area contributed by atoms with Gasteiger partial charge in [0.15, 0.2) is 4.73 Å². The highest BCUT2D eigenvalue weighted by Crippen LogP contribution is 2.57. The lowest BCUT2D eigenvalue weighted by atomic mass is 9.74. The number of hydrogen-bond donors (Lipinski definition) is 1. The van der Waals surface area contributed by atoms with Crippen LogP contribution in [0.15, 0.2) is 47.6 Å². The molecule has 1 saturated heterocycles. The number of H-pyrrole nitrogens is 1. The SMILES string of the molecule is CC1(C)/C=C\C2=Nc3cc(Br)c(Br)c(Br)c3[C@@]23CC(=O)N3/C=C(/Cl)c2nc(Br)[nH]c21. The van der Waals surface area contributed by atoms with E-state index in [9.17, 15) is 4.79 Å². The Bertz CT molecular complexity index is 1250. The Kier molecular flexibility index (Phi) is 4.84. The monoisotopic (exact) mass is 676 g/mol. The highest BCUT2D eigenvalue weighted by molar-refractivity contribution is 9.14. The Morgan fingerprint density at radius 2 is 1.93 bits per heavy atom. The average Bonchev–Trinajstić information content (AvgIpc) is 3.22. The fourth-order valence-corrected chi connectivity index (χ4v) is 6.58. The molecule has 4 heterocycles. The van der Waals surface area contributed by atoms with Gasteiger partial charge in [0.1, 0.15) is 11.2 Å². The number of nitrogens with zero attached hydrogens (tertiary/aromatic N) is 3. The second-order valence-electron chi connectivity index (χ2n) is 7.96. The van der Waals surface area contributed by atoms with Crippen LogP contribution in [-0.2, 0) is 15.7 Å². The Balaban J connectivity index is 1.82. The lowest BCUT2D eigenvalue weighted by Gasteiger charge is -2.49. The van der Waals surface area contributed by atoms with Crippen LogP contribution in [0, 0.1) is 0 Å². The van der Waals surface area contributed by atoms with Crippen LogP contribution in [0.5, 0.6) is 0 Å². The summed E-state index contributed by atoms with van der Waals surface area (Å²) in [7, 11) is 0. The first-order valence-electron chi connectivity index (χ1n) is 8.98. The van der Waals surface area contributed by atoms with Crippen molar-refractivity contribution in [2.24, 2.45) is 4.99 Å². The van der Waals surface area contributed by atoms with Crippen molar-refractivity contribution in [3.63, 3.8) is 0 Å². The molecule has 154 valence electrons. The third kappa shape index (κ3) is 2.78. The predicted octanol–water partition coefficient (Wildman–Crippen LogP) is 7.06. The van der Waals surface area contributed by atoms with Crippen molar-refractivity contribution in [1.82, 2.24) is 14.9 Å². The zero-order valence-electron chi connectivity index (χ0n) is 15.7. The summed E-state index contributed by atoms with van der Waals surface area (Å²) >= 11 is 21.1. The Labute approximate surface area is 211 Å². The van der Waals surface area contributed by atoms with Crippen molar-refractivity contribution in [3.05, 3.63) is 59.5 Å².